The van der Waals surface area contributed by atoms with E-state index in [0.717, 1.165) is 4.48 Å². The molecule has 0 aromatic carbocycles. The molecule has 0 heterocycles. The van der Waals surface area contributed by atoms with Gasteiger partial charge in [0.25, 0.3) is 0 Å². The van der Waals surface area contributed by atoms with Crippen molar-refractivity contribution in [3.63, 3.8) is 0 Å². The third kappa shape index (κ3) is 6.31. The molecule has 0 aliphatic rings. The van der Waals surface area contributed by atoms with Crippen molar-refractivity contribution < 1.29 is 0 Å². The Balaban J connectivity index is 3.86. The summed E-state index contributed by atoms with van der Waals surface area (Å²) < 4.78 is 2.12. The average molecular weight is 299 g/mol. The summed E-state index contributed by atoms with van der Waals surface area (Å²) in [6.07, 6.45) is 5.95. The summed E-state index contributed by atoms with van der Waals surface area (Å²) >= 11 is 5.47. The minimum atomic E-state index is 0.901. The Bertz CT molecular complexity index is 156. The van der Waals surface area contributed by atoms with E-state index < -0.39 is 0 Å². The second kappa shape index (κ2) is 5.23. The van der Waals surface area contributed by atoms with Gasteiger partial charge in [-0.3, -0.25) is 0 Å². The normalized spacial score (nSPS) is 12.6. The molecule has 0 saturated carbocycles. The summed E-state index contributed by atoms with van der Waals surface area (Å²) in [4.78, 5) is 0. The molecule has 2 heteroatoms. The molecule has 0 aromatic heterocycles. The molecule has 0 spiro atoms. The first-order valence-electron chi connectivity index (χ1n) is 2.51. The summed E-state index contributed by atoms with van der Waals surface area (Å²) in [6.45, 7) is 5.66. The molecule has 0 saturated heterocycles. The summed E-state index contributed by atoms with van der Waals surface area (Å²) in [7, 11) is 0. The Labute approximate surface area is 78.0 Å². The van der Waals surface area contributed by atoms with Crippen molar-refractivity contribution in [2.75, 3.05) is 0 Å². The maximum Gasteiger partial charge on any atom is 0.0103 e. The summed E-state index contributed by atoms with van der Waals surface area (Å²) in [5.41, 5.74) is 0. The zero-order valence-electron chi connectivity index (χ0n) is 5.20. The van der Waals surface area contributed by atoms with Crippen LogP contribution in [-0.2, 0) is 0 Å². The van der Waals surface area contributed by atoms with Crippen molar-refractivity contribution in [3.05, 3.63) is 32.9 Å². The van der Waals surface area contributed by atoms with Gasteiger partial charge in [-0.05, 0) is 41.7 Å². The van der Waals surface area contributed by atoms with Gasteiger partial charge in [0, 0.05) is 8.06 Å². The highest BCUT2D eigenvalue weighted by Gasteiger charge is 1.79. The smallest absolute Gasteiger partial charge is 0.0103 e. The Morgan fingerprint density at radius 1 is 1.56 bits per heavy atom. The summed E-state index contributed by atoms with van der Waals surface area (Å²) in [6, 6.07) is 0. The zero-order valence-corrected chi connectivity index (χ0v) is 8.94. The highest BCUT2D eigenvalue weighted by atomic mass is 127. The van der Waals surface area contributed by atoms with Crippen molar-refractivity contribution in [1.82, 2.24) is 0 Å². The van der Waals surface area contributed by atoms with Crippen molar-refractivity contribution in [3.8, 4) is 0 Å². The van der Waals surface area contributed by atoms with Crippen LogP contribution in [0.4, 0.5) is 0 Å². The standard InChI is InChI=1S/C7H8BrI/c1-3-7(9)5-4-6(2)8/h3-5H,2H2,1H3/b5-4-,7-3+. The Kier molecular flexibility index (Phi) is 5.48. The van der Waals surface area contributed by atoms with Crippen molar-refractivity contribution in [1.29, 1.82) is 0 Å². The van der Waals surface area contributed by atoms with E-state index in [4.69, 9.17) is 0 Å². The van der Waals surface area contributed by atoms with Gasteiger partial charge in [-0.2, -0.15) is 0 Å². The van der Waals surface area contributed by atoms with Crippen LogP contribution in [0.15, 0.2) is 32.9 Å². The molecule has 0 rings (SSSR count). The maximum atomic E-state index is 3.66. The molecule has 0 fully saturated rings. The fraction of sp³-hybridized carbons (Fsp3) is 0.143. The van der Waals surface area contributed by atoms with E-state index in [2.05, 4.69) is 45.1 Å². The van der Waals surface area contributed by atoms with E-state index in [1.165, 1.54) is 3.58 Å². The van der Waals surface area contributed by atoms with Gasteiger partial charge < -0.3 is 0 Å². The first-order chi connectivity index (χ1) is 4.16. The van der Waals surface area contributed by atoms with Crippen LogP contribution in [0.25, 0.3) is 0 Å². The first-order valence-corrected chi connectivity index (χ1v) is 4.38. The van der Waals surface area contributed by atoms with E-state index in [1.54, 1.807) is 0 Å². The second-order valence-electron chi connectivity index (χ2n) is 1.45. The summed E-state index contributed by atoms with van der Waals surface area (Å²) in [5.74, 6) is 0. The number of halogens is 2. The molecule has 0 amide bonds. The van der Waals surface area contributed by atoms with Crippen LogP contribution in [0.1, 0.15) is 6.92 Å². The molecule has 0 unspecified atom stereocenters. The van der Waals surface area contributed by atoms with Crippen molar-refractivity contribution in [2.24, 2.45) is 0 Å². The molecule has 0 aliphatic carbocycles. The predicted molar refractivity (Wildman–Crippen MR) is 55.0 cm³/mol. The minimum absolute atomic E-state index is 0.901. The van der Waals surface area contributed by atoms with Crippen molar-refractivity contribution in [2.45, 2.75) is 6.92 Å². The molecular weight excluding hydrogens is 291 g/mol. The quantitative estimate of drug-likeness (QED) is 0.537. The fourth-order valence-electron chi connectivity index (χ4n) is 0.266. The zero-order chi connectivity index (χ0) is 7.28. The maximum absolute atomic E-state index is 3.66. The second-order valence-corrected chi connectivity index (χ2v) is 3.72. The van der Waals surface area contributed by atoms with E-state index >= 15 is 0 Å². The van der Waals surface area contributed by atoms with E-state index in [1.807, 2.05) is 25.2 Å². The van der Waals surface area contributed by atoms with Crippen molar-refractivity contribution >= 4 is 38.5 Å². The third-order valence-corrected chi connectivity index (χ3v) is 1.95. The van der Waals surface area contributed by atoms with Crippen LogP contribution in [-0.4, -0.2) is 0 Å². The van der Waals surface area contributed by atoms with Crippen LogP contribution < -0.4 is 0 Å². The number of allylic oxidation sites excluding steroid dienone is 5. The van der Waals surface area contributed by atoms with Gasteiger partial charge in [0.15, 0.2) is 0 Å². The number of hydrogen-bond acceptors (Lipinski definition) is 0. The average Bonchev–Trinajstić information content (AvgIpc) is 1.83. The fourth-order valence-corrected chi connectivity index (χ4v) is 0.578. The minimum Gasteiger partial charge on any atom is -0.0847 e. The van der Waals surface area contributed by atoms with Gasteiger partial charge in [-0.15, -0.1) is 0 Å². The van der Waals surface area contributed by atoms with Gasteiger partial charge in [-0.25, -0.2) is 0 Å². The first kappa shape index (κ1) is 9.43. The van der Waals surface area contributed by atoms with E-state index in [-0.39, 0.29) is 0 Å². The van der Waals surface area contributed by atoms with Gasteiger partial charge in [0.1, 0.15) is 0 Å². The number of rotatable bonds is 2. The van der Waals surface area contributed by atoms with Crippen LogP contribution in [0.2, 0.25) is 0 Å². The summed E-state index contributed by atoms with van der Waals surface area (Å²) in [5, 5.41) is 0. The molecule has 0 atom stereocenters. The third-order valence-electron chi connectivity index (χ3n) is 0.699. The molecule has 0 nitrogen and oxygen atoms in total. The molecule has 9 heavy (non-hydrogen) atoms. The molecular formula is C7H8BrI. The van der Waals surface area contributed by atoms with Crippen LogP contribution in [0.3, 0.4) is 0 Å². The highest BCUT2D eigenvalue weighted by Crippen LogP contribution is 2.10. The van der Waals surface area contributed by atoms with Gasteiger partial charge in [0.2, 0.25) is 0 Å². The Morgan fingerprint density at radius 3 is 2.44 bits per heavy atom. The lowest BCUT2D eigenvalue weighted by atomic mass is 10.4. The Hall–Kier alpha value is 0.430. The molecule has 0 bridgehead atoms. The van der Waals surface area contributed by atoms with Gasteiger partial charge in [0.05, 0.1) is 0 Å². The number of hydrogen-bond donors (Lipinski definition) is 0. The molecule has 0 N–H and O–H groups in total. The van der Waals surface area contributed by atoms with Gasteiger partial charge >= 0.3 is 0 Å². The van der Waals surface area contributed by atoms with E-state index in [9.17, 15) is 0 Å². The largest absolute Gasteiger partial charge is 0.0847 e. The SMILES string of the molecule is C=C(Br)/C=C\C(I)=C/C. The lowest BCUT2D eigenvalue weighted by molar-refractivity contribution is 1.72. The highest BCUT2D eigenvalue weighted by molar-refractivity contribution is 14.1. The van der Waals surface area contributed by atoms with Crippen LogP contribution in [0, 0.1) is 0 Å². The Morgan fingerprint density at radius 2 is 2.11 bits per heavy atom. The molecule has 50 valence electrons. The molecule has 0 radical (unpaired) electrons. The lowest BCUT2D eigenvalue weighted by Crippen LogP contribution is -1.59. The lowest BCUT2D eigenvalue weighted by Gasteiger charge is -1.83. The predicted octanol–water partition coefficient (Wildman–Crippen LogP) is 3.79. The van der Waals surface area contributed by atoms with E-state index in [0.29, 0.717) is 0 Å². The van der Waals surface area contributed by atoms with Crippen LogP contribution in [0.5, 0.6) is 0 Å². The molecule has 0 aliphatic heterocycles. The topological polar surface area (TPSA) is 0 Å². The van der Waals surface area contributed by atoms with Gasteiger partial charge in [-0.1, -0.05) is 28.6 Å². The molecule has 0 aromatic rings. The van der Waals surface area contributed by atoms with Crippen LogP contribution >= 0.6 is 38.5 Å². The monoisotopic (exact) mass is 298 g/mol.